The molecular formula is C26H26N8O3. The van der Waals surface area contributed by atoms with Gasteiger partial charge in [0.25, 0.3) is 5.88 Å². The van der Waals surface area contributed by atoms with Gasteiger partial charge in [-0.1, -0.05) is 12.6 Å². The quantitative estimate of drug-likeness (QED) is 0.329. The molecule has 1 saturated heterocycles. The predicted molar refractivity (Wildman–Crippen MR) is 141 cm³/mol. The summed E-state index contributed by atoms with van der Waals surface area (Å²) in [6.45, 7) is 8.11. The van der Waals surface area contributed by atoms with Crippen molar-refractivity contribution in [2.75, 3.05) is 41.7 Å². The number of anilines is 4. The highest BCUT2D eigenvalue weighted by Gasteiger charge is 2.19. The maximum atomic E-state index is 11.6. The Balaban J connectivity index is 1.31. The van der Waals surface area contributed by atoms with Gasteiger partial charge in [-0.2, -0.15) is 9.97 Å². The molecule has 1 aliphatic heterocycles. The average Bonchev–Trinajstić information content (AvgIpc) is 3.38. The number of benzene rings is 2. The van der Waals surface area contributed by atoms with Crippen LogP contribution in [0.15, 0.2) is 67.5 Å². The summed E-state index contributed by atoms with van der Waals surface area (Å²) in [5.41, 5.74) is 3.46. The number of nitrogens with one attached hydrogen (secondary N) is 3. The first-order chi connectivity index (χ1) is 18.0. The Morgan fingerprint density at radius 3 is 2.57 bits per heavy atom. The van der Waals surface area contributed by atoms with Gasteiger partial charge in [-0.25, -0.2) is 4.98 Å². The van der Waals surface area contributed by atoms with Crippen LogP contribution in [0.1, 0.15) is 6.92 Å². The summed E-state index contributed by atoms with van der Waals surface area (Å²) in [4.78, 5) is 43.6. The molecule has 1 fully saturated rings. The molecule has 0 unspecified atom stereocenters. The molecule has 188 valence electrons. The normalized spacial score (nSPS) is 13.3. The number of ether oxygens (including phenoxy) is 1. The van der Waals surface area contributed by atoms with Crippen LogP contribution in [-0.2, 0) is 9.59 Å². The van der Waals surface area contributed by atoms with Crippen LogP contribution < -0.4 is 20.3 Å². The molecule has 4 aromatic rings. The Morgan fingerprint density at radius 2 is 1.84 bits per heavy atom. The van der Waals surface area contributed by atoms with Gasteiger partial charge in [-0.15, -0.1) is 0 Å². The van der Waals surface area contributed by atoms with Crippen molar-refractivity contribution < 1.29 is 14.3 Å². The number of imidazole rings is 1. The van der Waals surface area contributed by atoms with Crippen molar-refractivity contribution in [2.24, 2.45) is 0 Å². The Hall–Kier alpha value is -4.93. The number of carbonyl (C=O) groups excluding carboxylic acids is 2. The van der Waals surface area contributed by atoms with Gasteiger partial charge in [0.05, 0.1) is 6.33 Å². The van der Waals surface area contributed by atoms with Gasteiger partial charge >= 0.3 is 0 Å². The second kappa shape index (κ2) is 10.4. The molecule has 3 N–H and O–H groups in total. The molecule has 5 rings (SSSR count). The maximum absolute atomic E-state index is 11.6. The van der Waals surface area contributed by atoms with Crippen molar-refractivity contribution in [3.63, 3.8) is 0 Å². The number of hydrogen-bond acceptors (Lipinski definition) is 8. The second-order valence-corrected chi connectivity index (χ2v) is 8.44. The van der Waals surface area contributed by atoms with Crippen LogP contribution in [0.25, 0.3) is 11.2 Å². The van der Waals surface area contributed by atoms with E-state index in [1.165, 1.54) is 12.4 Å². The molecule has 11 heteroatoms. The van der Waals surface area contributed by atoms with Gasteiger partial charge in [-0.3, -0.25) is 9.59 Å². The van der Waals surface area contributed by atoms with Gasteiger partial charge in [0.15, 0.2) is 11.2 Å². The van der Waals surface area contributed by atoms with E-state index in [1.807, 2.05) is 29.2 Å². The number of fused-ring (bicyclic) bond motifs is 1. The summed E-state index contributed by atoms with van der Waals surface area (Å²) in [6.07, 6.45) is 2.72. The fourth-order valence-electron chi connectivity index (χ4n) is 4.04. The summed E-state index contributed by atoms with van der Waals surface area (Å²) in [6, 6.07) is 14.9. The zero-order valence-corrected chi connectivity index (χ0v) is 20.3. The van der Waals surface area contributed by atoms with Crippen LogP contribution in [0.3, 0.4) is 0 Å². The van der Waals surface area contributed by atoms with Crippen molar-refractivity contribution in [2.45, 2.75) is 6.92 Å². The fourth-order valence-corrected chi connectivity index (χ4v) is 4.04. The standard InChI is InChI=1S/C26H26N8O3/c1-3-22(36)29-19-5-4-6-21(15-19)37-25-23-24(28-16-27-23)31-26(32-25)30-18-7-9-20(10-8-18)34-13-11-33(12-14-34)17(2)35/h3-10,15-16H,1,11-14H2,2H3,(H,29,36)(H2,27,28,30,31,32). The highest BCUT2D eigenvalue weighted by atomic mass is 16.5. The van der Waals surface area contributed by atoms with Gasteiger partial charge in [0.1, 0.15) is 5.75 Å². The topological polar surface area (TPSA) is 128 Å². The lowest BCUT2D eigenvalue weighted by Gasteiger charge is -2.35. The molecule has 2 aromatic carbocycles. The first-order valence-electron chi connectivity index (χ1n) is 11.8. The van der Waals surface area contributed by atoms with Crippen LogP contribution in [0.5, 0.6) is 11.6 Å². The molecule has 3 heterocycles. The third kappa shape index (κ3) is 5.50. The Labute approximate surface area is 213 Å². The number of aromatic amines is 1. The molecule has 11 nitrogen and oxygen atoms in total. The number of piperazine rings is 1. The lowest BCUT2D eigenvalue weighted by Crippen LogP contribution is -2.48. The molecule has 0 bridgehead atoms. The number of aromatic nitrogens is 4. The van der Waals surface area contributed by atoms with Crippen molar-refractivity contribution in [3.8, 4) is 11.6 Å². The molecule has 0 atom stereocenters. The van der Waals surface area contributed by atoms with E-state index in [0.29, 0.717) is 28.5 Å². The van der Waals surface area contributed by atoms with E-state index in [2.05, 4.69) is 42.0 Å². The number of hydrogen-bond donors (Lipinski definition) is 3. The Bertz CT molecular complexity index is 1440. The number of rotatable bonds is 7. The van der Waals surface area contributed by atoms with Gasteiger partial charge in [-0.05, 0) is 42.5 Å². The van der Waals surface area contributed by atoms with Gasteiger partial charge in [0, 0.05) is 56.2 Å². The number of carbonyl (C=O) groups is 2. The molecule has 0 saturated carbocycles. The molecule has 0 aliphatic carbocycles. The smallest absolute Gasteiger partial charge is 0.252 e. The van der Waals surface area contributed by atoms with E-state index in [0.717, 1.165) is 37.6 Å². The minimum absolute atomic E-state index is 0.115. The molecule has 2 amide bonds. The SMILES string of the molecule is C=CC(=O)Nc1cccc(Oc2nc(Nc3ccc(N4CCN(C(C)=O)CC4)cc3)nc3[nH]cnc23)c1. The molecule has 0 radical (unpaired) electrons. The lowest BCUT2D eigenvalue weighted by molar-refractivity contribution is -0.129. The van der Waals surface area contributed by atoms with E-state index < -0.39 is 0 Å². The third-order valence-electron chi connectivity index (χ3n) is 5.96. The Kier molecular flexibility index (Phi) is 6.66. The fraction of sp³-hybridized carbons (Fsp3) is 0.192. The molecule has 2 aromatic heterocycles. The molecule has 37 heavy (non-hydrogen) atoms. The van der Waals surface area contributed by atoms with Crippen LogP contribution >= 0.6 is 0 Å². The zero-order valence-electron chi connectivity index (χ0n) is 20.3. The summed E-state index contributed by atoms with van der Waals surface area (Å²) in [5.74, 6) is 0.880. The zero-order chi connectivity index (χ0) is 25.8. The largest absolute Gasteiger partial charge is 0.437 e. The van der Waals surface area contributed by atoms with Gasteiger partial charge in [0.2, 0.25) is 17.8 Å². The number of nitrogens with zero attached hydrogens (tertiary/aromatic N) is 5. The minimum atomic E-state index is -0.315. The summed E-state index contributed by atoms with van der Waals surface area (Å²) in [7, 11) is 0. The number of amides is 2. The highest BCUT2D eigenvalue weighted by molar-refractivity contribution is 5.99. The van der Waals surface area contributed by atoms with Crippen molar-refractivity contribution in [3.05, 3.63) is 67.5 Å². The highest BCUT2D eigenvalue weighted by Crippen LogP contribution is 2.29. The number of H-pyrrole nitrogens is 1. The van der Waals surface area contributed by atoms with Crippen molar-refractivity contribution in [1.82, 2.24) is 24.8 Å². The molecule has 0 spiro atoms. The van der Waals surface area contributed by atoms with E-state index in [-0.39, 0.29) is 17.7 Å². The van der Waals surface area contributed by atoms with Gasteiger partial charge < -0.3 is 30.2 Å². The molecular weight excluding hydrogens is 472 g/mol. The van der Waals surface area contributed by atoms with E-state index in [1.54, 1.807) is 31.2 Å². The van der Waals surface area contributed by atoms with Crippen LogP contribution in [0.2, 0.25) is 0 Å². The monoisotopic (exact) mass is 498 g/mol. The second-order valence-electron chi connectivity index (χ2n) is 8.44. The maximum Gasteiger partial charge on any atom is 0.252 e. The molecule has 1 aliphatic rings. The van der Waals surface area contributed by atoms with Crippen LogP contribution in [0.4, 0.5) is 23.0 Å². The van der Waals surface area contributed by atoms with Crippen molar-refractivity contribution >= 4 is 46.0 Å². The minimum Gasteiger partial charge on any atom is -0.437 e. The van der Waals surface area contributed by atoms with Crippen LogP contribution in [0, 0.1) is 0 Å². The predicted octanol–water partition coefficient (Wildman–Crippen LogP) is 3.68. The van der Waals surface area contributed by atoms with E-state index >= 15 is 0 Å². The van der Waals surface area contributed by atoms with Crippen molar-refractivity contribution in [1.29, 1.82) is 0 Å². The summed E-state index contributed by atoms with van der Waals surface area (Å²) in [5, 5.41) is 5.92. The Morgan fingerprint density at radius 1 is 1.05 bits per heavy atom. The first-order valence-corrected chi connectivity index (χ1v) is 11.8. The van der Waals surface area contributed by atoms with E-state index in [9.17, 15) is 9.59 Å². The van der Waals surface area contributed by atoms with Crippen LogP contribution in [-0.4, -0.2) is 62.8 Å². The van der Waals surface area contributed by atoms with E-state index in [4.69, 9.17) is 4.74 Å². The first kappa shape index (κ1) is 23.8. The summed E-state index contributed by atoms with van der Waals surface area (Å²) < 4.78 is 6.02. The third-order valence-corrected chi connectivity index (χ3v) is 5.96. The average molecular weight is 499 g/mol. The summed E-state index contributed by atoms with van der Waals surface area (Å²) >= 11 is 0. The lowest BCUT2D eigenvalue weighted by atomic mass is 10.2.